The molecule has 7 nitrogen and oxygen atoms in total. The number of guanidine groups is 1. The van der Waals surface area contributed by atoms with Crippen LogP contribution in [0, 0.1) is 5.82 Å². The maximum Gasteiger partial charge on any atom is 0.191 e. The van der Waals surface area contributed by atoms with Crippen LogP contribution in [0.3, 0.4) is 0 Å². The van der Waals surface area contributed by atoms with Crippen molar-refractivity contribution in [2.45, 2.75) is 39.3 Å². The van der Waals surface area contributed by atoms with E-state index in [1.807, 2.05) is 25.1 Å². The van der Waals surface area contributed by atoms with E-state index in [0.29, 0.717) is 38.2 Å². The fraction of sp³-hybridized carbons (Fsp3) is 0.545. The Labute approximate surface area is 177 Å². The minimum atomic E-state index is -0.227. The zero-order valence-corrected chi connectivity index (χ0v) is 18.0. The van der Waals surface area contributed by atoms with Crippen molar-refractivity contribution in [1.29, 1.82) is 0 Å². The molecule has 0 saturated carbocycles. The van der Waals surface area contributed by atoms with Gasteiger partial charge < -0.3 is 19.9 Å². The van der Waals surface area contributed by atoms with E-state index in [4.69, 9.17) is 9.26 Å². The molecule has 1 aliphatic rings. The van der Waals surface area contributed by atoms with Crippen LogP contribution in [0.15, 0.2) is 39.8 Å². The van der Waals surface area contributed by atoms with Crippen LogP contribution in [0.2, 0.25) is 0 Å². The van der Waals surface area contributed by atoms with Gasteiger partial charge in [0.1, 0.15) is 12.4 Å². The first-order valence-corrected chi connectivity index (χ1v) is 10.6. The molecule has 0 radical (unpaired) electrons. The highest BCUT2D eigenvalue weighted by Gasteiger charge is 2.23. The van der Waals surface area contributed by atoms with Crippen LogP contribution >= 0.6 is 0 Å². The minimum Gasteiger partial charge on any atom is -0.379 e. The Morgan fingerprint density at radius 2 is 1.93 bits per heavy atom. The van der Waals surface area contributed by atoms with Gasteiger partial charge in [0, 0.05) is 32.2 Å². The number of aromatic nitrogens is 1. The van der Waals surface area contributed by atoms with E-state index in [1.54, 1.807) is 0 Å². The molecule has 164 valence electrons. The summed E-state index contributed by atoms with van der Waals surface area (Å²) in [6.07, 6.45) is 0. The predicted molar refractivity (Wildman–Crippen MR) is 115 cm³/mol. The number of hydrogen-bond donors (Lipinski definition) is 2. The molecule has 1 saturated heterocycles. The predicted octanol–water partition coefficient (Wildman–Crippen LogP) is 3.07. The summed E-state index contributed by atoms with van der Waals surface area (Å²) in [5.74, 6) is 1.54. The molecule has 1 unspecified atom stereocenters. The van der Waals surface area contributed by atoms with Gasteiger partial charge in [0.15, 0.2) is 11.7 Å². The van der Waals surface area contributed by atoms with Crippen molar-refractivity contribution in [1.82, 2.24) is 20.7 Å². The van der Waals surface area contributed by atoms with Crippen LogP contribution in [0.25, 0.3) is 0 Å². The molecule has 1 aromatic heterocycles. The van der Waals surface area contributed by atoms with Crippen LogP contribution in [-0.2, 0) is 11.3 Å². The smallest absolute Gasteiger partial charge is 0.191 e. The first-order valence-electron chi connectivity index (χ1n) is 10.6. The number of morpholine rings is 1. The highest BCUT2D eigenvalue weighted by Crippen LogP contribution is 2.21. The van der Waals surface area contributed by atoms with Gasteiger partial charge in [-0.1, -0.05) is 31.1 Å². The third-order valence-electron chi connectivity index (χ3n) is 5.11. The summed E-state index contributed by atoms with van der Waals surface area (Å²) < 4.78 is 24.3. The summed E-state index contributed by atoms with van der Waals surface area (Å²) in [5, 5.41) is 10.8. The van der Waals surface area contributed by atoms with E-state index in [-0.39, 0.29) is 11.9 Å². The standard InChI is InChI=1S/C22H32FN5O2/c1-4-24-22(25-14-19-13-20(16(2)3)27-30-19)26-15-21(28-9-11-29-12-10-28)17-5-7-18(23)8-6-17/h5-8,13,16,21H,4,9-12,14-15H2,1-3H3,(H2,24,25,26). The van der Waals surface area contributed by atoms with Gasteiger partial charge in [-0.2, -0.15) is 0 Å². The molecular formula is C22H32FN5O2. The molecular weight excluding hydrogens is 385 g/mol. The lowest BCUT2D eigenvalue weighted by molar-refractivity contribution is 0.0170. The second-order valence-electron chi connectivity index (χ2n) is 7.66. The molecule has 1 fully saturated rings. The SMILES string of the molecule is CCNC(=NCc1cc(C(C)C)no1)NCC(c1ccc(F)cc1)N1CCOCC1. The van der Waals surface area contributed by atoms with E-state index in [1.165, 1.54) is 12.1 Å². The Balaban J connectivity index is 1.68. The summed E-state index contributed by atoms with van der Waals surface area (Å²) in [6, 6.07) is 8.77. The largest absolute Gasteiger partial charge is 0.379 e. The molecule has 8 heteroatoms. The molecule has 0 aliphatic carbocycles. The number of rotatable bonds is 8. The number of benzene rings is 1. The Kier molecular flexibility index (Phi) is 8.21. The van der Waals surface area contributed by atoms with Gasteiger partial charge in [-0.15, -0.1) is 0 Å². The number of ether oxygens (including phenoxy) is 1. The third-order valence-corrected chi connectivity index (χ3v) is 5.11. The van der Waals surface area contributed by atoms with Crippen molar-refractivity contribution in [3.05, 3.63) is 53.2 Å². The topological polar surface area (TPSA) is 74.9 Å². The van der Waals surface area contributed by atoms with E-state index in [2.05, 4.69) is 39.5 Å². The maximum absolute atomic E-state index is 13.4. The van der Waals surface area contributed by atoms with Gasteiger partial charge in [0.2, 0.25) is 0 Å². The summed E-state index contributed by atoms with van der Waals surface area (Å²) in [4.78, 5) is 7.00. The van der Waals surface area contributed by atoms with Gasteiger partial charge in [-0.25, -0.2) is 9.38 Å². The van der Waals surface area contributed by atoms with Crippen molar-refractivity contribution in [2.75, 3.05) is 39.4 Å². The zero-order valence-electron chi connectivity index (χ0n) is 18.0. The van der Waals surface area contributed by atoms with Crippen LogP contribution in [0.4, 0.5) is 4.39 Å². The van der Waals surface area contributed by atoms with Gasteiger partial charge in [0.25, 0.3) is 0 Å². The van der Waals surface area contributed by atoms with E-state index >= 15 is 0 Å². The fourth-order valence-corrected chi connectivity index (χ4v) is 3.40. The van der Waals surface area contributed by atoms with Crippen LogP contribution in [0.1, 0.15) is 49.7 Å². The van der Waals surface area contributed by atoms with Crippen molar-refractivity contribution in [2.24, 2.45) is 4.99 Å². The van der Waals surface area contributed by atoms with Crippen LogP contribution in [0.5, 0.6) is 0 Å². The number of nitrogens with zero attached hydrogens (tertiary/aromatic N) is 3. The average molecular weight is 418 g/mol. The summed E-state index contributed by atoms with van der Waals surface area (Å²) >= 11 is 0. The number of nitrogens with one attached hydrogen (secondary N) is 2. The van der Waals surface area contributed by atoms with Crippen molar-refractivity contribution >= 4 is 5.96 Å². The van der Waals surface area contributed by atoms with E-state index in [9.17, 15) is 4.39 Å². The molecule has 30 heavy (non-hydrogen) atoms. The fourth-order valence-electron chi connectivity index (χ4n) is 3.40. The molecule has 0 bridgehead atoms. The molecule has 0 spiro atoms. The van der Waals surface area contributed by atoms with E-state index < -0.39 is 0 Å². The molecule has 0 amide bonds. The number of hydrogen-bond acceptors (Lipinski definition) is 5. The lowest BCUT2D eigenvalue weighted by Gasteiger charge is -2.35. The monoisotopic (exact) mass is 417 g/mol. The van der Waals surface area contributed by atoms with Gasteiger partial charge in [-0.05, 0) is 30.5 Å². The average Bonchev–Trinajstić information content (AvgIpc) is 3.23. The highest BCUT2D eigenvalue weighted by atomic mass is 19.1. The summed E-state index contributed by atoms with van der Waals surface area (Å²) in [7, 11) is 0. The molecule has 2 aromatic rings. The Hall–Kier alpha value is -2.45. The first kappa shape index (κ1) is 22.2. The minimum absolute atomic E-state index is 0.0937. The number of aliphatic imine (C=N–C) groups is 1. The molecule has 3 rings (SSSR count). The molecule has 1 aromatic carbocycles. The first-order chi connectivity index (χ1) is 14.6. The lowest BCUT2D eigenvalue weighted by atomic mass is 10.0. The summed E-state index contributed by atoms with van der Waals surface area (Å²) in [6.45, 7) is 11.1. The Morgan fingerprint density at radius 3 is 2.57 bits per heavy atom. The van der Waals surface area contributed by atoms with Crippen LogP contribution < -0.4 is 10.6 Å². The molecule has 2 heterocycles. The normalized spacial score (nSPS) is 16.6. The van der Waals surface area contributed by atoms with Crippen molar-refractivity contribution in [3.63, 3.8) is 0 Å². The highest BCUT2D eigenvalue weighted by molar-refractivity contribution is 5.79. The van der Waals surface area contributed by atoms with Gasteiger partial charge in [-0.3, -0.25) is 4.90 Å². The molecule has 1 atom stereocenters. The van der Waals surface area contributed by atoms with Gasteiger partial charge in [0.05, 0.1) is 24.9 Å². The lowest BCUT2D eigenvalue weighted by Crippen LogP contribution is -2.46. The summed E-state index contributed by atoms with van der Waals surface area (Å²) in [5.41, 5.74) is 2.00. The Bertz CT molecular complexity index is 800. The quantitative estimate of drug-likeness (QED) is 0.508. The molecule has 2 N–H and O–H groups in total. The van der Waals surface area contributed by atoms with Crippen molar-refractivity contribution in [3.8, 4) is 0 Å². The van der Waals surface area contributed by atoms with Crippen molar-refractivity contribution < 1.29 is 13.7 Å². The van der Waals surface area contributed by atoms with E-state index in [0.717, 1.165) is 36.7 Å². The second kappa shape index (κ2) is 11.1. The number of halogens is 1. The Morgan fingerprint density at radius 1 is 1.20 bits per heavy atom. The second-order valence-corrected chi connectivity index (χ2v) is 7.66. The zero-order chi connectivity index (χ0) is 21.3. The maximum atomic E-state index is 13.4. The molecule has 1 aliphatic heterocycles. The third kappa shape index (κ3) is 6.27. The van der Waals surface area contributed by atoms with Crippen LogP contribution in [-0.4, -0.2) is 55.4 Å². The van der Waals surface area contributed by atoms with Gasteiger partial charge >= 0.3 is 0 Å².